The Balaban J connectivity index is 2.48. The van der Waals surface area contributed by atoms with E-state index in [0.29, 0.717) is 0 Å². The van der Waals surface area contributed by atoms with E-state index < -0.39 is 28.0 Å². The largest absolute Gasteiger partial charge is 0.444 e. The molecule has 0 aromatic heterocycles. The van der Waals surface area contributed by atoms with Gasteiger partial charge in [-0.15, -0.1) is 11.6 Å². The van der Waals surface area contributed by atoms with Gasteiger partial charge in [-0.05, 0) is 23.8 Å². The van der Waals surface area contributed by atoms with Gasteiger partial charge in [0.05, 0.1) is 4.92 Å². The molecule has 0 N–H and O–H groups in total. The molecule has 21 heavy (non-hydrogen) atoms. The zero-order valence-corrected chi connectivity index (χ0v) is 11.8. The first-order valence-electron chi connectivity index (χ1n) is 5.58. The fraction of sp³-hybridized carbons (Fsp3) is 0.0769. The Hall–Kier alpha value is -1.92. The third kappa shape index (κ3) is 3.40. The summed E-state index contributed by atoms with van der Waals surface area (Å²) in [7, 11) is 0. The van der Waals surface area contributed by atoms with E-state index in [9.17, 15) is 18.9 Å². The van der Waals surface area contributed by atoms with E-state index in [4.69, 9.17) is 27.9 Å². The number of hydrogen-bond acceptors (Lipinski definition) is 3. The third-order valence-electron chi connectivity index (χ3n) is 2.54. The maximum Gasteiger partial charge on any atom is 0.311 e. The monoisotopic (exact) mass is 333 g/mol. The Kier molecular flexibility index (Phi) is 4.59. The van der Waals surface area contributed by atoms with Crippen LogP contribution >= 0.6 is 23.2 Å². The molecule has 8 heteroatoms. The lowest BCUT2D eigenvalue weighted by molar-refractivity contribution is -0.385. The molecule has 0 spiro atoms. The van der Waals surface area contributed by atoms with Gasteiger partial charge >= 0.3 is 5.69 Å². The van der Waals surface area contributed by atoms with Crippen LogP contribution < -0.4 is 4.74 Å². The van der Waals surface area contributed by atoms with Crippen molar-refractivity contribution in [3.8, 4) is 11.5 Å². The first-order chi connectivity index (χ1) is 9.92. The summed E-state index contributed by atoms with van der Waals surface area (Å²) >= 11 is 11.2. The fourth-order valence-electron chi connectivity index (χ4n) is 1.62. The van der Waals surface area contributed by atoms with Gasteiger partial charge in [-0.1, -0.05) is 11.6 Å². The summed E-state index contributed by atoms with van der Waals surface area (Å²) in [4.78, 5) is 10.1. The van der Waals surface area contributed by atoms with Crippen LogP contribution in [-0.4, -0.2) is 4.92 Å². The molecule has 0 saturated carbocycles. The van der Waals surface area contributed by atoms with Crippen LogP contribution in [0.3, 0.4) is 0 Å². The van der Waals surface area contributed by atoms with E-state index in [1.165, 1.54) is 6.07 Å². The van der Waals surface area contributed by atoms with Crippen LogP contribution in [0.15, 0.2) is 30.3 Å². The number of alkyl halides is 1. The average molecular weight is 334 g/mol. The number of benzene rings is 2. The lowest BCUT2D eigenvalue weighted by Gasteiger charge is -2.09. The highest BCUT2D eigenvalue weighted by Gasteiger charge is 2.20. The van der Waals surface area contributed by atoms with Crippen LogP contribution in [0, 0.1) is 21.7 Å². The van der Waals surface area contributed by atoms with Gasteiger partial charge in [0, 0.05) is 23.0 Å². The van der Waals surface area contributed by atoms with Crippen LogP contribution in [-0.2, 0) is 5.88 Å². The summed E-state index contributed by atoms with van der Waals surface area (Å²) in [6.45, 7) is 0. The molecule has 2 aromatic rings. The van der Waals surface area contributed by atoms with Crippen molar-refractivity contribution in [2.75, 3.05) is 0 Å². The molecular formula is C13H7Cl2F2NO3. The zero-order valence-electron chi connectivity index (χ0n) is 10.3. The zero-order chi connectivity index (χ0) is 15.6. The second-order valence-electron chi connectivity index (χ2n) is 3.99. The van der Waals surface area contributed by atoms with Crippen molar-refractivity contribution in [2.24, 2.45) is 0 Å². The summed E-state index contributed by atoms with van der Waals surface area (Å²) in [6.07, 6.45) is 0. The number of hydrogen-bond donors (Lipinski definition) is 0. The van der Waals surface area contributed by atoms with Crippen LogP contribution in [0.5, 0.6) is 11.5 Å². The van der Waals surface area contributed by atoms with Gasteiger partial charge in [-0.2, -0.15) is 0 Å². The van der Waals surface area contributed by atoms with Crippen LogP contribution in [0.2, 0.25) is 5.02 Å². The van der Waals surface area contributed by atoms with Crippen molar-refractivity contribution < 1.29 is 18.4 Å². The van der Waals surface area contributed by atoms with Crippen molar-refractivity contribution >= 4 is 28.9 Å². The Morgan fingerprint density at radius 3 is 2.33 bits per heavy atom. The van der Waals surface area contributed by atoms with Crippen molar-refractivity contribution in [1.29, 1.82) is 0 Å². The Labute approximate surface area is 128 Å². The molecule has 0 heterocycles. The smallest absolute Gasteiger partial charge is 0.311 e. The molecule has 0 amide bonds. The molecule has 2 aromatic carbocycles. The second kappa shape index (κ2) is 6.24. The van der Waals surface area contributed by atoms with Crippen LogP contribution in [0.4, 0.5) is 14.5 Å². The number of nitro groups is 1. The SMILES string of the molecule is O=[N+]([O-])c1ccc(Cl)cc1Oc1c(F)cc(CCl)cc1F. The Morgan fingerprint density at radius 2 is 1.81 bits per heavy atom. The summed E-state index contributed by atoms with van der Waals surface area (Å²) in [5, 5.41) is 11.0. The van der Waals surface area contributed by atoms with E-state index >= 15 is 0 Å². The molecule has 0 radical (unpaired) electrons. The minimum atomic E-state index is -1.01. The molecule has 0 aliphatic carbocycles. The molecular weight excluding hydrogens is 327 g/mol. The van der Waals surface area contributed by atoms with Crippen LogP contribution in [0.1, 0.15) is 5.56 Å². The number of halogens is 4. The highest BCUT2D eigenvalue weighted by molar-refractivity contribution is 6.30. The molecule has 110 valence electrons. The average Bonchev–Trinajstić information content (AvgIpc) is 2.42. The van der Waals surface area contributed by atoms with E-state index in [1.807, 2.05) is 0 Å². The van der Waals surface area contributed by atoms with E-state index in [0.717, 1.165) is 24.3 Å². The number of nitrogens with zero attached hydrogens (tertiary/aromatic N) is 1. The van der Waals surface area contributed by atoms with Gasteiger partial charge in [0.15, 0.2) is 17.4 Å². The molecule has 0 aliphatic rings. The Bertz CT molecular complexity index is 687. The lowest BCUT2D eigenvalue weighted by atomic mass is 10.2. The first kappa shape index (κ1) is 15.5. The molecule has 0 aliphatic heterocycles. The predicted molar refractivity (Wildman–Crippen MR) is 74.1 cm³/mol. The lowest BCUT2D eigenvalue weighted by Crippen LogP contribution is -1.98. The maximum atomic E-state index is 13.8. The van der Waals surface area contributed by atoms with Gasteiger partial charge in [-0.25, -0.2) is 8.78 Å². The normalized spacial score (nSPS) is 10.5. The minimum absolute atomic E-state index is 0.0779. The molecule has 0 unspecified atom stereocenters. The van der Waals surface area contributed by atoms with Gasteiger partial charge in [0.1, 0.15) is 0 Å². The number of ether oxygens (including phenoxy) is 1. The Morgan fingerprint density at radius 1 is 1.19 bits per heavy atom. The van der Waals surface area contributed by atoms with E-state index in [2.05, 4.69) is 0 Å². The molecule has 0 bridgehead atoms. The van der Waals surface area contributed by atoms with Crippen molar-refractivity contribution in [2.45, 2.75) is 5.88 Å². The topological polar surface area (TPSA) is 52.4 Å². The molecule has 0 atom stereocenters. The van der Waals surface area contributed by atoms with Gasteiger partial charge in [0.25, 0.3) is 0 Å². The molecule has 4 nitrogen and oxygen atoms in total. The quantitative estimate of drug-likeness (QED) is 0.446. The maximum absolute atomic E-state index is 13.8. The van der Waals surface area contributed by atoms with Gasteiger partial charge in [-0.3, -0.25) is 10.1 Å². The van der Waals surface area contributed by atoms with Crippen molar-refractivity contribution in [3.63, 3.8) is 0 Å². The summed E-state index contributed by atoms with van der Waals surface area (Å²) in [6, 6.07) is 5.44. The van der Waals surface area contributed by atoms with E-state index in [1.54, 1.807) is 0 Å². The highest BCUT2D eigenvalue weighted by atomic mass is 35.5. The first-order valence-corrected chi connectivity index (χ1v) is 6.49. The fourth-order valence-corrected chi connectivity index (χ4v) is 1.93. The summed E-state index contributed by atoms with van der Waals surface area (Å²) < 4.78 is 32.6. The summed E-state index contributed by atoms with van der Waals surface area (Å²) in [5.41, 5.74) is -0.237. The number of rotatable bonds is 4. The second-order valence-corrected chi connectivity index (χ2v) is 4.70. The third-order valence-corrected chi connectivity index (χ3v) is 3.09. The van der Waals surface area contributed by atoms with Crippen molar-refractivity contribution in [1.82, 2.24) is 0 Å². The minimum Gasteiger partial charge on any atom is -0.444 e. The standard InChI is InChI=1S/C13H7Cl2F2NO3/c14-6-7-3-9(16)13(10(17)4-7)21-12-5-8(15)1-2-11(12)18(19)20/h1-5H,6H2. The van der Waals surface area contributed by atoms with Gasteiger partial charge < -0.3 is 4.74 Å². The number of nitro benzene ring substituents is 1. The molecule has 0 fully saturated rings. The van der Waals surface area contributed by atoms with Gasteiger partial charge in [0.2, 0.25) is 5.75 Å². The van der Waals surface area contributed by atoms with Crippen molar-refractivity contribution in [3.05, 3.63) is 62.7 Å². The molecule has 0 saturated heterocycles. The highest BCUT2D eigenvalue weighted by Crippen LogP contribution is 2.36. The summed E-state index contributed by atoms with van der Waals surface area (Å²) in [5.74, 6) is -3.22. The predicted octanol–water partition coefficient (Wildman–Crippen LogP) is 5.06. The molecule has 2 rings (SSSR count). The van der Waals surface area contributed by atoms with E-state index in [-0.39, 0.29) is 22.2 Å². The van der Waals surface area contributed by atoms with Crippen LogP contribution in [0.25, 0.3) is 0 Å².